The smallest absolute Gasteiger partial charge is 0.329 e. The monoisotopic (exact) mass is 252 g/mol. The van der Waals surface area contributed by atoms with Crippen molar-refractivity contribution in [3.63, 3.8) is 0 Å². The van der Waals surface area contributed by atoms with Gasteiger partial charge < -0.3 is 20.4 Å². The molecule has 0 aliphatic heterocycles. The van der Waals surface area contributed by atoms with Crippen LogP contribution in [0.2, 0.25) is 0 Å². The highest BCUT2D eigenvalue weighted by Gasteiger charge is 2.52. The summed E-state index contributed by atoms with van der Waals surface area (Å²) in [5.74, 6) is -1.17. The Morgan fingerprint density at radius 3 is 2.35 bits per heavy atom. The first-order valence-corrected chi connectivity index (χ1v) is 5.11. The number of hydrogen-bond acceptors (Lipinski definition) is 3. The van der Waals surface area contributed by atoms with E-state index < -0.39 is 37.1 Å². The van der Waals surface area contributed by atoms with E-state index in [-0.39, 0.29) is 19.4 Å². The van der Waals surface area contributed by atoms with Crippen molar-refractivity contribution in [2.45, 2.75) is 24.8 Å². The second-order valence-electron chi connectivity index (χ2n) is 3.88. The molecule has 2 amide bonds. The zero-order valence-corrected chi connectivity index (χ0v) is 9.03. The number of urea groups is 1. The van der Waals surface area contributed by atoms with Gasteiger partial charge in [-0.1, -0.05) is 0 Å². The second kappa shape index (κ2) is 5.26. The van der Waals surface area contributed by atoms with Crippen molar-refractivity contribution in [1.82, 2.24) is 10.2 Å². The van der Waals surface area contributed by atoms with Crippen molar-refractivity contribution < 1.29 is 28.6 Å². The number of carboxylic acids is 1. The zero-order valence-electron chi connectivity index (χ0n) is 9.03. The first-order chi connectivity index (χ1) is 7.91. The van der Waals surface area contributed by atoms with E-state index >= 15 is 0 Å². The summed E-state index contributed by atoms with van der Waals surface area (Å²) in [4.78, 5) is 23.0. The fourth-order valence-corrected chi connectivity index (χ4v) is 1.36. The Balaban J connectivity index is 2.56. The van der Waals surface area contributed by atoms with Crippen molar-refractivity contribution in [1.29, 1.82) is 0 Å². The van der Waals surface area contributed by atoms with Crippen molar-refractivity contribution in [2.24, 2.45) is 0 Å². The van der Waals surface area contributed by atoms with E-state index in [0.29, 0.717) is 4.90 Å². The Morgan fingerprint density at radius 2 is 2.00 bits per heavy atom. The minimum absolute atomic E-state index is 0.258. The second-order valence-corrected chi connectivity index (χ2v) is 3.88. The van der Waals surface area contributed by atoms with Gasteiger partial charge in [-0.05, 0) is 12.8 Å². The number of amides is 2. The SMILES string of the molecule is O=C(NC1(C(=O)O)CC1)N(CCO)CC(F)F. The number of carbonyl (C=O) groups excluding carboxylic acids is 1. The lowest BCUT2D eigenvalue weighted by molar-refractivity contribution is -0.140. The van der Waals surface area contributed by atoms with E-state index in [0.717, 1.165) is 0 Å². The number of rotatable bonds is 6. The third kappa shape index (κ3) is 3.52. The van der Waals surface area contributed by atoms with E-state index in [9.17, 15) is 18.4 Å². The molecule has 1 fully saturated rings. The number of carbonyl (C=O) groups is 2. The molecule has 98 valence electrons. The zero-order chi connectivity index (χ0) is 13.1. The van der Waals surface area contributed by atoms with Gasteiger partial charge in [0.1, 0.15) is 5.54 Å². The fourth-order valence-electron chi connectivity index (χ4n) is 1.36. The minimum atomic E-state index is -2.73. The summed E-state index contributed by atoms with van der Waals surface area (Å²) < 4.78 is 24.3. The van der Waals surface area contributed by atoms with Crippen LogP contribution in [0.5, 0.6) is 0 Å². The maximum absolute atomic E-state index is 12.2. The minimum Gasteiger partial charge on any atom is -0.480 e. The summed E-state index contributed by atoms with van der Waals surface area (Å²) in [6, 6.07) is -0.890. The van der Waals surface area contributed by atoms with Crippen molar-refractivity contribution in [3.05, 3.63) is 0 Å². The van der Waals surface area contributed by atoms with Crippen LogP contribution in [0.1, 0.15) is 12.8 Å². The predicted molar refractivity (Wildman–Crippen MR) is 52.8 cm³/mol. The number of aliphatic carboxylic acids is 1. The Bertz CT molecular complexity index is 307. The number of aliphatic hydroxyl groups is 1. The molecule has 0 unspecified atom stereocenters. The van der Waals surface area contributed by atoms with E-state index in [2.05, 4.69) is 5.32 Å². The molecule has 0 atom stereocenters. The predicted octanol–water partition coefficient (Wildman–Crippen LogP) is -0.127. The van der Waals surface area contributed by atoms with Crippen LogP contribution >= 0.6 is 0 Å². The summed E-state index contributed by atoms with van der Waals surface area (Å²) in [5, 5.41) is 19.7. The largest absolute Gasteiger partial charge is 0.480 e. The van der Waals surface area contributed by atoms with E-state index in [4.69, 9.17) is 10.2 Å². The number of halogens is 2. The molecule has 17 heavy (non-hydrogen) atoms. The molecule has 0 spiro atoms. The molecule has 0 bridgehead atoms. The molecule has 0 aromatic rings. The van der Waals surface area contributed by atoms with Crippen molar-refractivity contribution in [2.75, 3.05) is 19.7 Å². The van der Waals surface area contributed by atoms with Gasteiger partial charge in [-0.3, -0.25) is 0 Å². The highest BCUT2D eigenvalue weighted by molar-refractivity contribution is 5.88. The number of nitrogens with one attached hydrogen (secondary N) is 1. The first kappa shape index (κ1) is 13.6. The average Bonchev–Trinajstić information content (AvgIpc) is 2.97. The quantitative estimate of drug-likeness (QED) is 0.614. The maximum Gasteiger partial charge on any atom is 0.329 e. The normalized spacial score (nSPS) is 16.7. The third-order valence-corrected chi connectivity index (χ3v) is 2.52. The van der Waals surface area contributed by atoms with Crippen LogP contribution in [0.4, 0.5) is 13.6 Å². The molecule has 6 nitrogen and oxygen atoms in total. The van der Waals surface area contributed by atoms with E-state index in [1.807, 2.05) is 0 Å². The van der Waals surface area contributed by atoms with Gasteiger partial charge in [-0.2, -0.15) is 0 Å². The molecule has 0 heterocycles. The van der Waals surface area contributed by atoms with Gasteiger partial charge in [0.2, 0.25) is 0 Å². The van der Waals surface area contributed by atoms with Crippen LogP contribution in [-0.4, -0.2) is 58.8 Å². The van der Waals surface area contributed by atoms with E-state index in [1.165, 1.54) is 0 Å². The molecule has 3 N–H and O–H groups in total. The first-order valence-electron chi connectivity index (χ1n) is 5.11. The standard InChI is InChI=1S/C9H14F2N2O4/c10-6(11)5-13(3-4-14)8(17)12-9(1-2-9)7(15)16/h6,14H,1-5H2,(H,12,17)(H,15,16). The van der Waals surface area contributed by atoms with Gasteiger partial charge in [0.25, 0.3) is 6.43 Å². The van der Waals surface area contributed by atoms with Gasteiger partial charge in [0.15, 0.2) is 0 Å². The van der Waals surface area contributed by atoms with E-state index in [1.54, 1.807) is 0 Å². The van der Waals surface area contributed by atoms with Gasteiger partial charge in [-0.25, -0.2) is 18.4 Å². The highest BCUT2D eigenvalue weighted by atomic mass is 19.3. The summed E-state index contributed by atoms with van der Waals surface area (Å²) >= 11 is 0. The number of carboxylic acid groups (broad SMARTS) is 1. The van der Waals surface area contributed by atoms with Crippen LogP contribution in [0.25, 0.3) is 0 Å². The maximum atomic E-state index is 12.2. The van der Waals surface area contributed by atoms with Crippen LogP contribution in [0.3, 0.4) is 0 Å². The van der Waals surface area contributed by atoms with Crippen molar-refractivity contribution in [3.8, 4) is 0 Å². The third-order valence-electron chi connectivity index (χ3n) is 2.52. The van der Waals surface area contributed by atoms with Gasteiger partial charge in [0.05, 0.1) is 13.2 Å². The molecule has 1 rings (SSSR count). The average molecular weight is 252 g/mol. The van der Waals surface area contributed by atoms with Crippen LogP contribution < -0.4 is 5.32 Å². The Labute approximate surface area is 96.2 Å². The summed E-state index contributed by atoms with van der Waals surface area (Å²) in [6.45, 7) is -1.55. The Hall–Kier alpha value is -1.44. The van der Waals surface area contributed by atoms with Gasteiger partial charge in [-0.15, -0.1) is 0 Å². The number of aliphatic hydroxyl groups excluding tert-OH is 1. The topological polar surface area (TPSA) is 89.9 Å². The molecule has 1 saturated carbocycles. The molecule has 1 aliphatic carbocycles. The lowest BCUT2D eigenvalue weighted by Gasteiger charge is -2.24. The van der Waals surface area contributed by atoms with Crippen molar-refractivity contribution >= 4 is 12.0 Å². The van der Waals surface area contributed by atoms with Crippen LogP contribution in [-0.2, 0) is 4.79 Å². The fraction of sp³-hybridized carbons (Fsp3) is 0.778. The molecular weight excluding hydrogens is 238 g/mol. The van der Waals surface area contributed by atoms with Gasteiger partial charge >= 0.3 is 12.0 Å². The summed E-state index contributed by atoms with van der Waals surface area (Å²) in [6.07, 6.45) is -2.15. The number of alkyl halides is 2. The van der Waals surface area contributed by atoms with Gasteiger partial charge in [0, 0.05) is 6.54 Å². The Morgan fingerprint density at radius 1 is 1.41 bits per heavy atom. The lowest BCUT2D eigenvalue weighted by Crippen LogP contribution is -2.51. The molecular formula is C9H14F2N2O4. The molecule has 8 heteroatoms. The van der Waals surface area contributed by atoms with Crippen LogP contribution in [0.15, 0.2) is 0 Å². The number of nitrogens with zero attached hydrogens (tertiary/aromatic N) is 1. The number of hydrogen-bond donors (Lipinski definition) is 3. The van der Waals surface area contributed by atoms with Crippen LogP contribution in [0, 0.1) is 0 Å². The molecule has 0 radical (unpaired) electrons. The lowest BCUT2D eigenvalue weighted by atomic mass is 10.3. The molecule has 1 aliphatic rings. The highest BCUT2D eigenvalue weighted by Crippen LogP contribution is 2.35. The molecule has 0 aromatic heterocycles. The molecule has 0 aromatic carbocycles. The summed E-state index contributed by atoms with van der Waals surface area (Å²) in [7, 11) is 0. The Kier molecular flexibility index (Phi) is 4.22. The molecule has 0 saturated heterocycles. The summed E-state index contributed by atoms with van der Waals surface area (Å²) in [5.41, 5.74) is -1.31.